The number of hydrogen-bond donors (Lipinski definition) is 0. The van der Waals surface area contributed by atoms with Crippen molar-refractivity contribution in [3.8, 4) is 0 Å². The van der Waals surface area contributed by atoms with E-state index in [-0.39, 0.29) is 24.3 Å². The predicted octanol–water partition coefficient (Wildman–Crippen LogP) is 2.43. The van der Waals surface area contributed by atoms with Crippen molar-refractivity contribution in [2.45, 2.75) is 9.79 Å². The average Bonchev–Trinajstić information content (AvgIpc) is 2.59. The van der Waals surface area contributed by atoms with Crippen LogP contribution < -0.4 is 0 Å². The molecule has 0 saturated carbocycles. The minimum Gasteiger partial charge on any atom is -0.258 e. The Morgan fingerprint density at radius 3 is 1.10 bits per heavy atom. The maximum Gasteiger partial charge on any atom is 0.382 e. The number of nitro groups is 4. The molecule has 0 atom stereocenters. The fourth-order valence-corrected chi connectivity index (χ4v) is 3.91. The largest absolute Gasteiger partial charge is 0.382 e. The van der Waals surface area contributed by atoms with E-state index in [2.05, 4.69) is 0 Å². The highest BCUT2D eigenvalue weighted by Crippen LogP contribution is 2.43. The van der Waals surface area contributed by atoms with Crippen LogP contribution in [-0.4, -0.2) is 28.1 Å². The summed E-state index contributed by atoms with van der Waals surface area (Å²) >= 11 is 0. The molecular weight excluding hydrogens is 430 g/mol. The number of benzene rings is 2. The van der Waals surface area contributed by atoms with Gasteiger partial charge < -0.3 is 0 Å². The standard InChI is InChI=1S/C12H4F2N4O10S/c13-5-1-3-7(11(17(23)24)9(5)15(19)20)29(27,28)8-4-2-6(14)10(16(21)22)12(8)18(25)26/h1-4H. The van der Waals surface area contributed by atoms with E-state index in [1.54, 1.807) is 0 Å². The van der Waals surface area contributed by atoms with Crippen molar-refractivity contribution in [3.63, 3.8) is 0 Å². The Morgan fingerprint density at radius 1 is 0.586 bits per heavy atom. The Labute approximate surface area is 156 Å². The molecule has 0 N–H and O–H groups in total. The van der Waals surface area contributed by atoms with Gasteiger partial charge in [-0.15, -0.1) is 0 Å². The zero-order valence-corrected chi connectivity index (χ0v) is 14.2. The highest BCUT2D eigenvalue weighted by molar-refractivity contribution is 7.91. The molecule has 0 unspecified atom stereocenters. The van der Waals surface area contributed by atoms with E-state index in [0.717, 1.165) is 0 Å². The molecule has 17 heteroatoms. The normalized spacial score (nSPS) is 11.1. The van der Waals surface area contributed by atoms with E-state index in [1.807, 2.05) is 0 Å². The van der Waals surface area contributed by atoms with Gasteiger partial charge in [0.25, 0.3) is 0 Å². The summed E-state index contributed by atoms with van der Waals surface area (Å²) in [7, 11) is -5.46. The molecule has 0 spiro atoms. The molecule has 2 rings (SSSR count). The summed E-state index contributed by atoms with van der Waals surface area (Å²) in [6.45, 7) is 0. The first-order valence-electron chi connectivity index (χ1n) is 6.80. The molecule has 14 nitrogen and oxygen atoms in total. The summed E-state index contributed by atoms with van der Waals surface area (Å²) in [6, 6.07) is 0.799. The summed E-state index contributed by atoms with van der Waals surface area (Å²) < 4.78 is 52.9. The van der Waals surface area contributed by atoms with E-state index in [9.17, 15) is 57.7 Å². The molecule has 29 heavy (non-hydrogen) atoms. The highest BCUT2D eigenvalue weighted by atomic mass is 32.2. The van der Waals surface area contributed by atoms with Crippen molar-refractivity contribution in [2.75, 3.05) is 0 Å². The van der Waals surface area contributed by atoms with Crippen LogP contribution in [0, 0.1) is 52.1 Å². The van der Waals surface area contributed by atoms with Crippen LogP contribution in [0.25, 0.3) is 0 Å². The van der Waals surface area contributed by atoms with Gasteiger partial charge in [-0.2, -0.15) is 8.78 Å². The number of rotatable bonds is 6. The van der Waals surface area contributed by atoms with Gasteiger partial charge in [0.1, 0.15) is 0 Å². The lowest BCUT2D eigenvalue weighted by molar-refractivity contribution is -0.426. The molecule has 0 aliphatic heterocycles. The molecule has 0 bridgehead atoms. The smallest absolute Gasteiger partial charge is 0.258 e. The van der Waals surface area contributed by atoms with Gasteiger partial charge in [0, 0.05) is 0 Å². The third-order valence-electron chi connectivity index (χ3n) is 3.44. The van der Waals surface area contributed by atoms with Crippen molar-refractivity contribution in [1.82, 2.24) is 0 Å². The third kappa shape index (κ3) is 3.40. The number of halogens is 2. The molecule has 0 aromatic heterocycles. The van der Waals surface area contributed by atoms with Gasteiger partial charge in [0.05, 0.1) is 19.7 Å². The molecule has 0 fully saturated rings. The van der Waals surface area contributed by atoms with Crippen LogP contribution in [0.15, 0.2) is 34.1 Å². The number of nitro benzene ring substituents is 4. The Morgan fingerprint density at radius 2 is 0.862 bits per heavy atom. The van der Waals surface area contributed by atoms with E-state index in [0.29, 0.717) is 0 Å². The van der Waals surface area contributed by atoms with Gasteiger partial charge in [-0.05, 0) is 24.3 Å². The predicted molar refractivity (Wildman–Crippen MR) is 84.9 cm³/mol. The lowest BCUT2D eigenvalue weighted by Gasteiger charge is -2.07. The van der Waals surface area contributed by atoms with Gasteiger partial charge in [-0.3, -0.25) is 40.5 Å². The first-order valence-corrected chi connectivity index (χ1v) is 8.28. The van der Waals surface area contributed by atoms with Gasteiger partial charge in [-0.1, -0.05) is 0 Å². The molecule has 152 valence electrons. The zero-order valence-electron chi connectivity index (χ0n) is 13.3. The first-order chi connectivity index (χ1) is 13.3. The SMILES string of the molecule is O=[N+]([O-])c1c(F)ccc(S(=O)(=O)c2ccc(F)c([N+](=O)[O-])c2[N+](=O)[O-])c1[N+](=O)[O-]. The fraction of sp³-hybridized carbons (Fsp3) is 0. The zero-order chi connectivity index (χ0) is 22.3. The van der Waals surface area contributed by atoms with Crippen LogP contribution in [0.1, 0.15) is 0 Å². The van der Waals surface area contributed by atoms with Crippen molar-refractivity contribution in [1.29, 1.82) is 0 Å². The third-order valence-corrected chi connectivity index (χ3v) is 5.26. The van der Waals surface area contributed by atoms with Crippen molar-refractivity contribution >= 4 is 32.6 Å². The van der Waals surface area contributed by atoms with Gasteiger partial charge in [0.2, 0.25) is 21.5 Å². The van der Waals surface area contributed by atoms with Crippen LogP contribution in [-0.2, 0) is 9.84 Å². The number of hydrogen-bond acceptors (Lipinski definition) is 10. The molecule has 0 radical (unpaired) electrons. The van der Waals surface area contributed by atoms with Crippen molar-refractivity contribution in [3.05, 3.63) is 76.4 Å². The monoisotopic (exact) mass is 434 g/mol. The second kappa shape index (κ2) is 7.11. The van der Waals surface area contributed by atoms with E-state index in [1.165, 1.54) is 0 Å². The van der Waals surface area contributed by atoms with Gasteiger partial charge >= 0.3 is 22.7 Å². The molecular formula is C12H4F2N4O10S. The molecule has 2 aromatic rings. The molecule has 0 aliphatic carbocycles. The van der Waals surface area contributed by atoms with E-state index >= 15 is 0 Å². The summed E-state index contributed by atoms with van der Waals surface area (Å²) in [5.41, 5.74) is -7.43. The highest BCUT2D eigenvalue weighted by Gasteiger charge is 2.44. The van der Waals surface area contributed by atoms with E-state index in [4.69, 9.17) is 0 Å². The van der Waals surface area contributed by atoms with Gasteiger partial charge in [-0.25, -0.2) is 8.42 Å². The average molecular weight is 434 g/mol. The molecule has 0 amide bonds. The van der Waals surface area contributed by atoms with Crippen LogP contribution in [0.5, 0.6) is 0 Å². The Balaban J connectivity index is 3.04. The number of sulfone groups is 1. The van der Waals surface area contributed by atoms with E-state index < -0.39 is 73.7 Å². The van der Waals surface area contributed by atoms with Crippen molar-refractivity contribution in [2.24, 2.45) is 0 Å². The second-order valence-electron chi connectivity index (χ2n) is 5.02. The van der Waals surface area contributed by atoms with Crippen LogP contribution in [0.3, 0.4) is 0 Å². The fourth-order valence-electron chi connectivity index (χ4n) is 2.33. The Hall–Kier alpha value is -4.15. The quantitative estimate of drug-likeness (QED) is 0.368. The second-order valence-corrected chi connectivity index (χ2v) is 6.90. The Bertz CT molecular complexity index is 1130. The first kappa shape index (κ1) is 21.2. The van der Waals surface area contributed by atoms with Crippen LogP contribution >= 0.6 is 0 Å². The minimum atomic E-state index is -5.46. The molecule has 0 saturated heterocycles. The summed E-state index contributed by atoms with van der Waals surface area (Å²) in [5, 5.41) is 44.3. The number of nitrogens with zero attached hydrogens (tertiary/aromatic N) is 4. The lowest BCUT2D eigenvalue weighted by Crippen LogP contribution is -2.12. The lowest BCUT2D eigenvalue weighted by atomic mass is 10.2. The summed E-state index contributed by atoms with van der Waals surface area (Å²) in [6.07, 6.45) is 0. The van der Waals surface area contributed by atoms with Crippen molar-refractivity contribution < 1.29 is 36.9 Å². The maximum atomic E-state index is 13.7. The van der Waals surface area contributed by atoms with Crippen LogP contribution in [0.4, 0.5) is 31.5 Å². The molecule has 0 heterocycles. The molecule has 0 aliphatic rings. The summed E-state index contributed by atoms with van der Waals surface area (Å²) in [4.78, 5) is 34.8. The van der Waals surface area contributed by atoms with Crippen LogP contribution in [0.2, 0.25) is 0 Å². The maximum absolute atomic E-state index is 13.7. The topological polar surface area (TPSA) is 207 Å². The van der Waals surface area contributed by atoms with Gasteiger partial charge in [0.15, 0.2) is 9.79 Å². The summed E-state index contributed by atoms with van der Waals surface area (Å²) in [5.74, 6) is -3.56. The minimum absolute atomic E-state index is 0.182. The Kier molecular flexibility index (Phi) is 5.19. The molecule has 2 aromatic carbocycles.